The van der Waals surface area contributed by atoms with E-state index >= 15 is 0 Å². The van der Waals surface area contributed by atoms with Gasteiger partial charge in [0.25, 0.3) is 0 Å². The minimum Gasteiger partial charge on any atom is -0.398 e. The van der Waals surface area contributed by atoms with Crippen molar-refractivity contribution in [1.29, 1.82) is 0 Å². The van der Waals surface area contributed by atoms with Gasteiger partial charge in [-0.25, -0.2) is 0 Å². The minimum atomic E-state index is -0.0828. The second-order valence-corrected chi connectivity index (χ2v) is 5.11. The first-order valence-electron chi connectivity index (χ1n) is 7.04. The molecule has 21 heavy (non-hydrogen) atoms. The molecule has 1 heterocycles. The maximum Gasteiger partial charge on any atom is 0.198 e. The molecule has 0 saturated carbocycles. The number of ketones is 1. The fourth-order valence-electron chi connectivity index (χ4n) is 2.44. The Balaban J connectivity index is 2.02. The van der Waals surface area contributed by atoms with E-state index < -0.39 is 0 Å². The Morgan fingerprint density at radius 3 is 2.67 bits per heavy atom. The second-order valence-electron chi connectivity index (χ2n) is 5.11. The number of nitrogen functional groups attached to an aromatic ring is 1. The van der Waals surface area contributed by atoms with Gasteiger partial charge in [0.2, 0.25) is 0 Å². The number of nitrogens with zero attached hydrogens (tertiary/aromatic N) is 2. The summed E-state index contributed by atoms with van der Waals surface area (Å²) in [5.41, 5.74) is 7.65. The molecule has 0 spiro atoms. The maximum atomic E-state index is 12.6. The van der Waals surface area contributed by atoms with Crippen LogP contribution in [0.4, 0.5) is 5.69 Å². The van der Waals surface area contributed by atoms with Crippen molar-refractivity contribution in [1.82, 2.24) is 9.78 Å². The van der Waals surface area contributed by atoms with Gasteiger partial charge in [0.1, 0.15) is 0 Å². The summed E-state index contributed by atoms with van der Waals surface area (Å²) in [4.78, 5) is 12.6. The van der Waals surface area contributed by atoms with Crippen LogP contribution in [0.3, 0.4) is 0 Å². The SMILES string of the molecule is CCCn1cc(C(=O)c2cc3ccccc3cc2N)cn1. The fourth-order valence-corrected chi connectivity index (χ4v) is 2.44. The van der Waals surface area contributed by atoms with Gasteiger partial charge in [0, 0.05) is 24.0 Å². The summed E-state index contributed by atoms with van der Waals surface area (Å²) < 4.78 is 1.78. The number of aromatic nitrogens is 2. The molecule has 1 aromatic heterocycles. The summed E-state index contributed by atoms with van der Waals surface area (Å²) >= 11 is 0. The van der Waals surface area contributed by atoms with Crippen molar-refractivity contribution in [3.05, 3.63) is 59.9 Å². The van der Waals surface area contributed by atoms with Gasteiger partial charge in [0.15, 0.2) is 5.78 Å². The van der Waals surface area contributed by atoms with E-state index in [4.69, 9.17) is 5.73 Å². The van der Waals surface area contributed by atoms with Crippen molar-refractivity contribution < 1.29 is 4.79 Å². The molecule has 4 heteroatoms. The van der Waals surface area contributed by atoms with Crippen molar-refractivity contribution in [2.75, 3.05) is 5.73 Å². The van der Waals surface area contributed by atoms with Crippen LogP contribution in [0.1, 0.15) is 29.3 Å². The number of carbonyl (C=O) groups is 1. The van der Waals surface area contributed by atoms with Crippen LogP contribution < -0.4 is 5.73 Å². The monoisotopic (exact) mass is 279 g/mol. The first-order valence-corrected chi connectivity index (χ1v) is 7.04. The van der Waals surface area contributed by atoms with Gasteiger partial charge in [-0.15, -0.1) is 0 Å². The predicted molar refractivity (Wildman–Crippen MR) is 84.3 cm³/mol. The number of carbonyl (C=O) groups excluding carboxylic acids is 1. The van der Waals surface area contributed by atoms with Gasteiger partial charge < -0.3 is 5.73 Å². The summed E-state index contributed by atoms with van der Waals surface area (Å²) in [7, 11) is 0. The number of nitrogens with two attached hydrogens (primary N) is 1. The average molecular weight is 279 g/mol. The first-order chi connectivity index (χ1) is 10.2. The molecule has 0 saturated heterocycles. The van der Waals surface area contributed by atoms with Crippen LogP contribution in [0, 0.1) is 0 Å². The van der Waals surface area contributed by atoms with Gasteiger partial charge in [-0.05, 0) is 29.3 Å². The van der Waals surface area contributed by atoms with Crippen molar-refractivity contribution >= 4 is 22.2 Å². The lowest BCUT2D eigenvalue weighted by Crippen LogP contribution is -2.05. The molecule has 0 unspecified atom stereocenters. The first kappa shape index (κ1) is 13.4. The third-order valence-corrected chi connectivity index (χ3v) is 3.51. The summed E-state index contributed by atoms with van der Waals surface area (Å²) in [6.07, 6.45) is 4.36. The van der Waals surface area contributed by atoms with E-state index in [1.807, 2.05) is 36.4 Å². The highest BCUT2D eigenvalue weighted by atomic mass is 16.1. The van der Waals surface area contributed by atoms with Crippen LogP contribution >= 0.6 is 0 Å². The molecular weight excluding hydrogens is 262 g/mol. The molecular formula is C17H17N3O. The van der Waals surface area contributed by atoms with Crippen LogP contribution in [0.25, 0.3) is 10.8 Å². The predicted octanol–water partition coefficient (Wildman–Crippen LogP) is 3.26. The van der Waals surface area contributed by atoms with E-state index in [0.29, 0.717) is 16.8 Å². The molecule has 2 aromatic carbocycles. The largest absolute Gasteiger partial charge is 0.398 e. The van der Waals surface area contributed by atoms with Crippen LogP contribution in [-0.2, 0) is 6.54 Å². The van der Waals surface area contributed by atoms with Gasteiger partial charge in [0.05, 0.1) is 11.8 Å². The molecule has 0 aliphatic heterocycles. The summed E-state index contributed by atoms with van der Waals surface area (Å²) in [6.45, 7) is 2.88. The van der Waals surface area contributed by atoms with Crippen molar-refractivity contribution in [3.63, 3.8) is 0 Å². The maximum absolute atomic E-state index is 12.6. The standard InChI is InChI=1S/C17H17N3O/c1-2-7-20-11-14(10-19-20)17(21)15-8-12-5-3-4-6-13(12)9-16(15)18/h3-6,8-11H,2,7,18H2,1H3. The van der Waals surface area contributed by atoms with E-state index in [0.717, 1.165) is 23.7 Å². The van der Waals surface area contributed by atoms with E-state index in [1.54, 1.807) is 17.1 Å². The Bertz CT molecular complexity index is 805. The molecule has 0 aliphatic carbocycles. The van der Waals surface area contributed by atoms with Crippen LogP contribution in [0.2, 0.25) is 0 Å². The van der Waals surface area contributed by atoms with Gasteiger partial charge in [-0.1, -0.05) is 31.2 Å². The fraction of sp³-hybridized carbons (Fsp3) is 0.176. The topological polar surface area (TPSA) is 60.9 Å². The summed E-state index contributed by atoms with van der Waals surface area (Å²) in [5.74, 6) is -0.0828. The quantitative estimate of drug-likeness (QED) is 0.589. The number of benzene rings is 2. The number of aryl methyl sites for hydroxylation is 1. The molecule has 4 nitrogen and oxygen atoms in total. The van der Waals surface area contributed by atoms with Crippen LogP contribution in [0.15, 0.2) is 48.8 Å². The van der Waals surface area contributed by atoms with Gasteiger partial charge in [-0.3, -0.25) is 9.48 Å². The zero-order valence-corrected chi connectivity index (χ0v) is 11.9. The third kappa shape index (κ3) is 2.52. The highest BCUT2D eigenvalue weighted by Gasteiger charge is 2.15. The van der Waals surface area contributed by atoms with Gasteiger partial charge in [-0.2, -0.15) is 5.10 Å². The minimum absolute atomic E-state index is 0.0828. The number of fused-ring (bicyclic) bond motifs is 1. The Labute approximate surface area is 123 Å². The molecule has 0 amide bonds. The summed E-state index contributed by atoms with van der Waals surface area (Å²) in [5, 5.41) is 6.25. The molecule has 0 aliphatic rings. The van der Waals surface area contributed by atoms with Crippen molar-refractivity contribution in [2.24, 2.45) is 0 Å². The molecule has 106 valence electrons. The molecule has 0 fully saturated rings. The molecule has 0 atom stereocenters. The number of anilines is 1. The average Bonchev–Trinajstić information content (AvgIpc) is 2.95. The Kier molecular flexibility index (Phi) is 3.44. The smallest absolute Gasteiger partial charge is 0.198 e. The third-order valence-electron chi connectivity index (χ3n) is 3.51. The van der Waals surface area contributed by atoms with Gasteiger partial charge >= 0.3 is 0 Å². The normalized spacial score (nSPS) is 10.9. The molecule has 0 radical (unpaired) electrons. The van der Waals surface area contributed by atoms with E-state index in [-0.39, 0.29) is 5.78 Å². The molecule has 3 rings (SSSR count). The summed E-state index contributed by atoms with van der Waals surface area (Å²) in [6, 6.07) is 11.6. The molecule has 2 N–H and O–H groups in total. The Morgan fingerprint density at radius 2 is 1.95 bits per heavy atom. The Hall–Kier alpha value is -2.62. The second kappa shape index (κ2) is 5.40. The highest BCUT2D eigenvalue weighted by Crippen LogP contribution is 2.24. The number of rotatable bonds is 4. The van der Waals surface area contributed by atoms with E-state index in [9.17, 15) is 4.79 Å². The van der Waals surface area contributed by atoms with Crippen LogP contribution in [0.5, 0.6) is 0 Å². The van der Waals surface area contributed by atoms with E-state index in [2.05, 4.69) is 12.0 Å². The zero-order chi connectivity index (χ0) is 14.8. The van der Waals surface area contributed by atoms with Crippen molar-refractivity contribution in [3.8, 4) is 0 Å². The lowest BCUT2D eigenvalue weighted by atomic mass is 10.00. The van der Waals surface area contributed by atoms with Crippen LogP contribution in [-0.4, -0.2) is 15.6 Å². The Morgan fingerprint density at radius 1 is 1.24 bits per heavy atom. The van der Waals surface area contributed by atoms with E-state index in [1.165, 1.54) is 0 Å². The van der Waals surface area contributed by atoms with Crippen molar-refractivity contribution in [2.45, 2.75) is 19.9 Å². The lowest BCUT2D eigenvalue weighted by Gasteiger charge is -2.06. The lowest BCUT2D eigenvalue weighted by molar-refractivity contribution is 0.103. The zero-order valence-electron chi connectivity index (χ0n) is 11.9. The number of hydrogen-bond donors (Lipinski definition) is 1. The molecule has 3 aromatic rings. The molecule has 0 bridgehead atoms. The number of hydrogen-bond acceptors (Lipinski definition) is 3. The highest BCUT2D eigenvalue weighted by molar-refractivity contribution is 6.13.